The molecule has 27 heavy (non-hydrogen) atoms. The Morgan fingerprint density at radius 1 is 1.04 bits per heavy atom. The molecule has 0 unspecified atom stereocenters. The molecular weight excluding hydrogens is 361 g/mol. The van der Waals surface area contributed by atoms with Crippen molar-refractivity contribution in [1.29, 1.82) is 0 Å². The normalized spacial score (nSPS) is 11.4. The van der Waals surface area contributed by atoms with Crippen LogP contribution in [0.1, 0.15) is 33.2 Å². The van der Waals surface area contributed by atoms with Gasteiger partial charge in [0.05, 0.1) is 11.3 Å². The monoisotopic (exact) mass is 374 g/mol. The van der Waals surface area contributed by atoms with Crippen LogP contribution < -0.4 is 10.7 Å². The smallest absolute Gasteiger partial charge is 0.360 e. The van der Waals surface area contributed by atoms with E-state index in [0.717, 1.165) is 24.4 Å². The third-order valence-electron chi connectivity index (χ3n) is 4.01. The van der Waals surface area contributed by atoms with Crippen LogP contribution in [0.25, 0.3) is 10.9 Å². The fourth-order valence-electron chi connectivity index (χ4n) is 2.66. The van der Waals surface area contributed by atoms with Gasteiger partial charge in [-0.05, 0) is 37.3 Å². The molecule has 0 aliphatic carbocycles. The summed E-state index contributed by atoms with van der Waals surface area (Å²) in [6.45, 7) is 1.34. The topological polar surface area (TPSA) is 79.0 Å². The second-order valence-corrected chi connectivity index (χ2v) is 5.85. The van der Waals surface area contributed by atoms with E-state index in [1.807, 2.05) is 0 Å². The number of aromatic nitrogens is 1. The van der Waals surface area contributed by atoms with Crippen molar-refractivity contribution >= 4 is 28.3 Å². The number of H-pyrrole nitrogens is 1. The van der Waals surface area contributed by atoms with E-state index in [0.29, 0.717) is 0 Å². The average Bonchev–Trinajstić information content (AvgIpc) is 2.61. The Kier molecular flexibility index (Phi) is 4.57. The first kappa shape index (κ1) is 18.4. The summed E-state index contributed by atoms with van der Waals surface area (Å²) in [6.07, 6.45) is -3.49. The molecule has 5 nitrogen and oxygen atoms in total. The van der Waals surface area contributed by atoms with E-state index >= 15 is 0 Å². The van der Waals surface area contributed by atoms with Crippen LogP contribution >= 0.6 is 0 Å². The second-order valence-electron chi connectivity index (χ2n) is 5.85. The van der Waals surface area contributed by atoms with Crippen molar-refractivity contribution in [3.8, 4) is 0 Å². The number of ketones is 1. The van der Waals surface area contributed by atoms with E-state index in [2.05, 4.69) is 10.3 Å². The fourth-order valence-corrected chi connectivity index (χ4v) is 2.66. The molecule has 0 fully saturated rings. The molecule has 8 heteroatoms. The third kappa shape index (κ3) is 3.59. The number of fused-ring (bicyclic) bond motifs is 1. The lowest BCUT2D eigenvalue weighted by atomic mass is 10.1. The molecule has 0 bridgehead atoms. The highest BCUT2D eigenvalue weighted by Crippen LogP contribution is 2.30. The van der Waals surface area contributed by atoms with Crippen molar-refractivity contribution in [1.82, 2.24) is 4.98 Å². The maximum Gasteiger partial charge on any atom is 0.416 e. The number of carbonyl (C=O) groups is 2. The number of nitrogens with one attached hydrogen (secondary N) is 2. The number of amides is 1. The summed E-state index contributed by atoms with van der Waals surface area (Å²) >= 11 is 0. The minimum atomic E-state index is -4.54. The van der Waals surface area contributed by atoms with Gasteiger partial charge in [0.2, 0.25) is 5.43 Å². The lowest BCUT2D eigenvalue weighted by Crippen LogP contribution is -2.23. The first-order chi connectivity index (χ1) is 12.7. The van der Waals surface area contributed by atoms with Crippen LogP contribution in [-0.4, -0.2) is 16.7 Å². The summed E-state index contributed by atoms with van der Waals surface area (Å²) in [7, 11) is 0. The van der Waals surface area contributed by atoms with Crippen molar-refractivity contribution in [3.63, 3.8) is 0 Å². The molecule has 138 valence electrons. The lowest BCUT2D eigenvalue weighted by molar-refractivity contribution is -0.137. The largest absolute Gasteiger partial charge is 0.416 e. The Hall–Kier alpha value is -3.42. The molecule has 2 N–H and O–H groups in total. The standard InChI is InChI=1S/C19H13F3N2O3/c1-10(25)12-4-2-3-5-15(12)24-18(27)14-9-23-16-8-11(19(20,21)22)6-7-13(16)17(14)26/h2-9H,1H3,(H,23,26)(H,24,27). The predicted molar refractivity (Wildman–Crippen MR) is 94.0 cm³/mol. The number of halogens is 3. The Labute approximate surface area is 150 Å². The Bertz CT molecular complexity index is 1120. The maximum atomic E-state index is 12.8. The summed E-state index contributed by atoms with van der Waals surface area (Å²) in [6, 6.07) is 8.91. The van der Waals surface area contributed by atoms with Crippen molar-refractivity contribution in [2.45, 2.75) is 13.1 Å². The number of anilines is 1. The van der Waals surface area contributed by atoms with Crippen LogP contribution in [0.15, 0.2) is 53.5 Å². The van der Waals surface area contributed by atoms with Crippen LogP contribution in [0.2, 0.25) is 0 Å². The molecule has 2 aromatic carbocycles. The van der Waals surface area contributed by atoms with Crippen molar-refractivity contribution < 1.29 is 22.8 Å². The van der Waals surface area contributed by atoms with Gasteiger partial charge >= 0.3 is 6.18 Å². The van der Waals surface area contributed by atoms with Gasteiger partial charge in [0.15, 0.2) is 5.78 Å². The number of carbonyl (C=O) groups excluding carboxylic acids is 2. The third-order valence-corrected chi connectivity index (χ3v) is 4.01. The van der Waals surface area contributed by atoms with Crippen LogP contribution in [0.4, 0.5) is 18.9 Å². The van der Waals surface area contributed by atoms with Gasteiger partial charge in [-0.25, -0.2) is 0 Å². The Morgan fingerprint density at radius 3 is 2.41 bits per heavy atom. The zero-order valence-corrected chi connectivity index (χ0v) is 14.0. The molecule has 0 saturated carbocycles. The summed E-state index contributed by atoms with van der Waals surface area (Å²) in [5.74, 6) is -1.04. The van der Waals surface area contributed by atoms with E-state index in [1.165, 1.54) is 19.1 Å². The van der Waals surface area contributed by atoms with Gasteiger partial charge in [0, 0.05) is 22.7 Å². The van der Waals surface area contributed by atoms with Gasteiger partial charge in [-0.3, -0.25) is 14.4 Å². The number of hydrogen-bond donors (Lipinski definition) is 2. The van der Waals surface area contributed by atoms with E-state index in [-0.39, 0.29) is 33.5 Å². The molecule has 3 aromatic rings. The van der Waals surface area contributed by atoms with Gasteiger partial charge in [-0.2, -0.15) is 13.2 Å². The van der Waals surface area contributed by atoms with Crippen LogP contribution in [0, 0.1) is 0 Å². The lowest BCUT2D eigenvalue weighted by Gasteiger charge is -2.10. The summed E-state index contributed by atoms with van der Waals surface area (Å²) < 4.78 is 38.4. The van der Waals surface area contributed by atoms with Crippen molar-refractivity contribution in [3.05, 3.63) is 75.6 Å². The Balaban J connectivity index is 2.00. The maximum absolute atomic E-state index is 12.8. The van der Waals surface area contributed by atoms with E-state index in [1.54, 1.807) is 12.1 Å². The molecule has 0 aliphatic rings. The molecular formula is C19H13F3N2O3. The first-order valence-electron chi connectivity index (χ1n) is 7.82. The molecule has 1 amide bonds. The van der Waals surface area contributed by atoms with E-state index in [9.17, 15) is 27.6 Å². The highest BCUT2D eigenvalue weighted by atomic mass is 19.4. The average molecular weight is 374 g/mol. The summed E-state index contributed by atoms with van der Waals surface area (Å²) in [5.41, 5.74) is -1.41. The molecule has 0 atom stereocenters. The van der Waals surface area contributed by atoms with E-state index < -0.39 is 23.1 Å². The number of para-hydroxylation sites is 1. The zero-order valence-electron chi connectivity index (χ0n) is 14.0. The van der Waals surface area contributed by atoms with Crippen LogP contribution in [0.5, 0.6) is 0 Å². The number of pyridine rings is 1. The Morgan fingerprint density at radius 2 is 1.74 bits per heavy atom. The minimum Gasteiger partial charge on any atom is -0.360 e. The zero-order chi connectivity index (χ0) is 19.8. The second kappa shape index (κ2) is 6.71. The summed E-state index contributed by atoms with van der Waals surface area (Å²) in [4.78, 5) is 39.1. The molecule has 0 aliphatic heterocycles. The molecule has 0 radical (unpaired) electrons. The number of alkyl halides is 3. The van der Waals surface area contributed by atoms with Gasteiger partial charge in [-0.1, -0.05) is 12.1 Å². The number of rotatable bonds is 3. The molecule has 0 spiro atoms. The highest BCUT2D eigenvalue weighted by Gasteiger charge is 2.30. The van der Waals surface area contributed by atoms with Crippen LogP contribution in [-0.2, 0) is 6.18 Å². The quantitative estimate of drug-likeness (QED) is 0.680. The van der Waals surface area contributed by atoms with Crippen molar-refractivity contribution in [2.75, 3.05) is 5.32 Å². The highest BCUT2D eigenvalue weighted by molar-refractivity contribution is 6.09. The van der Waals surface area contributed by atoms with Gasteiger partial charge < -0.3 is 10.3 Å². The van der Waals surface area contributed by atoms with Gasteiger partial charge in [0.25, 0.3) is 5.91 Å². The number of aromatic amines is 1. The van der Waals surface area contributed by atoms with Crippen molar-refractivity contribution in [2.24, 2.45) is 0 Å². The number of benzene rings is 2. The molecule has 1 aromatic heterocycles. The number of hydrogen-bond acceptors (Lipinski definition) is 3. The summed E-state index contributed by atoms with van der Waals surface area (Å²) in [5, 5.41) is 2.44. The minimum absolute atomic E-state index is 0.0319. The van der Waals surface area contributed by atoms with E-state index in [4.69, 9.17) is 0 Å². The predicted octanol–water partition coefficient (Wildman–Crippen LogP) is 4.00. The molecule has 0 saturated heterocycles. The SMILES string of the molecule is CC(=O)c1ccccc1NC(=O)c1c[nH]c2cc(C(F)(F)F)ccc2c1=O. The number of Topliss-reactive ketones (excluding diaryl/α,β-unsaturated/α-hetero) is 1. The van der Waals surface area contributed by atoms with Gasteiger partial charge in [0.1, 0.15) is 5.56 Å². The fraction of sp³-hybridized carbons (Fsp3) is 0.105. The first-order valence-corrected chi connectivity index (χ1v) is 7.82. The van der Waals surface area contributed by atoms with Gasteiger partial charge in [-0.15, -0.1) is 0 Å². The van der Waals surface area contributed by atoms with Crippen LogP contribution in [0.3, 0.4) is 0 Å². The molecule has 3 rings (SSSR count). The molecule has 1 heterocycles.